The van der Waals surface area contributed by atoms with E-state index in [1.165, 1.54) is 22.8 Å². The molecule has 0 amide bonds. The monoisotopic (exact) mass is 493 g/mol. The highest BCUT2D eigenvalue weighted by Gasteiger charge is 2.30. The highest BCUT2D eigenvalue weighted by atomic mass is 35.5. The van der Waals surface area contributed by atoms with Gasteiger partial charge in [-0.15, -0.1) is 12.4 Å². The Balaban J connectivity index is 0.00000306. The van der Waals surface area contributed by atoms with Crippen molar-refractivity contribution in [2.24, 2.45) is 5.92 Å². The first kappa shape index (κ1) is 26.2. The Labute approximate surface area is 204 Å². The Kier molecular flexibility index (Phi) is 9.37. The van der Waals surface area contributed by atoms with Gasteiger partial charge in [0.2, 0.25) is 0 Å². The van der Waals surface area contributed by atoms with Crippen molar-refractivity contribution in [3.63, 3.8) is 0 Å². The smallest absolute Gasteiger partial charge is 0.150 e. The molecule has 182 valence electrons. The van der Waals surface area contributed by atoms with Gasteiger partial charge in [-0.3, -0.25) is 0 Å². The number of nitrogens with one attached hydrogen (secondary N) is 1. The van der Waals surface area contributed by atoms with Crippen molar-refractivity contribution in [2.75, 3.05) is 18.1 Å². The van der Waals surface area contributed by atoms with Gasteiger partial charge < -0.3 is 5.32 Å². The van der Waals surface area contributed by atoms with Crippen LogP contribution in [0.25, 0.3) is 0 Å². The van der Waals surface area contributed by atoms with Crippen LogP contribution in [-0.4, -0.2) is 32.5 Å². The molecule has 33 heavy (non-hydrogen) atoms. The lowest BCUT2D eigenvalue weighted by atomic mass is 9.75. The van der Waals surface area contributed by atoms with Gasteiger partial charge in [-0.25, -0.2) is 12.8 Å². The number of fused-ring (bicyclic) bond motifs is 1. The summed E-state index contributed by atoms with van der Waals surface area (Å²) in [7, 11) is -2.89. The van der Waals surface area contributed by atoms with E-state index in [2.05, 4.69) is 30.4 Å². The molecule has 0 aromatic heterocycles. The Hall–Kier alpha value is -1.43. The van der Waals surface area contributed by atoms with Crippen LogP contribution in [0.2, 0.25) is 0 Å². The fraction of sp³-hybridized carbons (Fsp3) is 0.556. The molecule has 2 aromatic rings. The summed E-state index contributed by atoms with van der Waals surface area (Å²) in [5.41, 5.74) is 5.10. The number of likely N-dealkylation sites (N-methyl/N-ethyl adjacent to an activating group) is 1. The van der Waals surface area contributed by atoms with E-state index in [4.69, 9.17) is 0 Å². The normalized spacial score (nSPS) is 20.2. The Morgan fingerprint density at radius 3 is 2.58 bits per heavy atom. The minimum Gasteiger partial charge on any atom is -0.314 e. The summed E-state index contributed by atoms with van der Waals surface area (Å²) in [6.45, 7) is 3.07. The van der Waals surface area contributed by atoms with E-state index in [1.807, 2.05) is 6.07 Å². The van der Waals surface area contributed by atoms with Crippen molar-refractivity contribution in [1.82, 2.24) is 5.32 Å². The van der Waals surface area contributed by atoms with Gasteiger partial charge in [0.15, 0.2) is 9.84 Å². The summed E-state index contributed by atoms with van der Waals surface area (Å²) in [6, 6.07) is 14.2. The zero-order valence-corrected chi connectivity index (χ0v) is 21.2. The van der Waals surface area contributed by atoms with Gasteiger partial charge in [0.1, 0.15) is 5.82 Å². The first-order valence-corrected chi connectivity index (χ1v) is 14.1. The van der Waals surface area contributed by atoms with Crippen molar-refractivity contribution in [1.29, 1.82) is 0 Å². The predicted octanol–water partition coefficient (Wildman–Crippen LogP) is 5.65. The minimum absolute atomic E-state index is 0. The average molecular weight is 494 g/mol. The molecule has 0 radical (unpaired) electrons. The van der Waals surface area contributed by atoms with Crippen LogP contribution in [0.4, 0.5) is 4.39 Å². The largest absolute Gasteiger partial charge is 0.314 e. The maximum atomic E-state index is 13.8. The molecule has 2 aliphatic carbocycles. The maximum Gasteiger partial charge on any atom is 0.150 e. The van der Waals surface area contributed by atoms with Gasteiger partial charge in [-0.05, 0) is 98.2 Å². The Morgan fingerprint density at radius 1 is 1.03 bits per heavy atom. The van der Waals surface area contributed by atoms with Gasteiger partial charge in [0.05, 0.1) is 11.5 Å². The van der Waals surface area contributed by atoms with Crippen LogP contribution in [0.3, 0.4) is 0 Å². The lowest BCUT2D eigenvalue weighted by Crippen LogP contribution is -2.39. The number of rotatable bonds is 11. The summed E-state index contributed by atoms with van der Waals surface area (Å²) in [5, 5.41) is 3.66. The third kappa shape index (κ3) is 7.53. The van der Waals surface area contributed by atoms with Crippen LogP contribution in [0.1, 0.15) is 67.2 Å². The van der Waals surface area contributed by atoms with E-state index in [1.54, 1.807) is 12.1 Å². The highest BCUT2D eigenvalue weighted by molar-refractivity contribution is 7.91. The number of benzene rings is 2. The van der Waals surface area contributed by atoms with Gasteiger partial charge in [-0.1, -0.05) is 37.3 Å². The summed E-state index contributed by atoms with van der Waals surface area (Å²) in [5.74, 6) is 1.28. The lowest BCUT2D eigenvalue weighted by Gasteiger charge is -2.35. The molecule has 1 saturated carbocycles. The summed E-state index contributed by atoms with van der Waals surface area (Å²) < 4.78 is 38.2. The maximum absolute atomic E-state index is 13.8. The molecular weight excluding hydrogens is 457 g/mol. The number of halogens is 2. The fourth-order valence-electron chi connectivity index (χ4n) is 5.16. The number of hydrogen-bond acceptors (Lipinski definition) is 3. The second kappa shape index (κ2) is 11.8. The summed E-state index contributed by atoms with van der Waals surface area (Å²) in [4.78, 5) is 0. The topological polar surface area (TPSA) is 46.2 Å². The van der Waals surface area contributed by atoms with E-state index < -0.39 is 9.84 Å². The predicted molar refractivity (Wildman–Crippen MR) is 137 cm³/mol. The van der Waals surface area contributed by atoms with Gasteiger partial charge in [-0.2, -0.15) is 0 Å². The van der Waals surface area contributed by atoms with Gasteiger partial charge in [0, 0.05) is 12.0 Å². The molecule has 0 heterocycles. The van der Waals surface area contributed by atoms with Crippen molar-refractivity contribution >= 4 is 22.2 Å². The second-order valence-electron chi connectivity index (χ2n) is 9.69. The van der Waals surface area contributed by atoms with E-state index in [9.17, 15) is 12.8 Å². The van der Waals surface area contributed by atoms with Crippen LogP contribution < -0.4 is 5.32 Å². The zero-order valence-electron chi connectivity index (χ0n) is 19.6. The van der Waals surface area contributed by atoms with Crippen molar-refractivity contribution in [2.45, 2.75) is 70.3 Å². The number of hydrogen-bond donors (Lipinski definition) is 1. The van der Waals surface area contributed by atoms with Crippen molar-refractivity contribution < 1.29 is 12.8 Å². The third-order valence-electron chi connectivity index (χ3n) is 6.99. The molecule has 2 unspecified atom stereocenters. The molecule has 6 heteroatoms. The first-order chi connectivity index (χ1) is 15.4. The minimum atomic E-state index is -2.89. The molecule has 3 nitrogen and oxygen atoms in total. The quantitative estimate of drug-likeness (QED) is 0.412. The second-order valence-corrected chi connectivity index (χ2v) is 11.9. The van der Waals surface area contributed by atoms with Crippen LogP contribution in [0.5, 0.6) is 0 Å². The van der Waals surface area contributed by atoms with E-state index in [-0.39, 0.29) is 18.2 Å². The number of aryl methyl sites for hydroxylation is 2. The fourth-order valence-corrected chi connectivity index (χ4v) is 7.02. The Bertz CT molecular complexity index is 1020. The molecule has 0 aliphatic heterocycles. The summed E-state index contributed by atoms with van der Waals surface area (Å²) in [6.07, 6.45) is 7.69. The van der Waals surface area contributed by atoms with Crippen LogP contribution in [0, 0.1) is 11.7 Å². The molecule has 0 bridgehead atoms. The van der Waals surface area contributed by atoms with E-state index in [0.29, 0.717) is 29.4 Å². The van der Waals surface area contributed by atoms with Crippen LogP contribution in [0.15, 0.2) is 42.5 Å². The number of sulfone groups is 1. The summed E-state index contributed by atoms with van der Waals surface area (Å²) >= 11 is 0. The Morgan fingerprint density at radius 2 is 1.85 bits per heavy atom. The molecular formula is C27H37ClFNO2S. The third-order valence-corrected chi connectivity index (χ3v) is 8.88. The van der Waals surface area contributed by atoms with Gasteiger partial charge >= 0.3 is 0 Å². The van der Waals surface area contributed by atoms with E-state index in [0.717, 1.165) is 63.5 Å². The molecule has 0 saturated heterocycles. The SMILES string of the molecule is CCNC1CCc2ccc(CCCCS(=O)(=O)CC3CC3)cc2C1Cc1cccc(F)c1.Cl. The van der Waals surface area contributed by atoms with E-state index >= 15 is 0 Å². The van der Waals surface area contributed by atoms with Gasteiger partial charge in [0.25, 0.3) is 0 Å². The molecule has 1 fully saturated rings. The molecule has 0 spiro atoms. The molecule has 2 aliphatic rings. The first-order valence-electron chi connectivity index (χ1n) is 12.2. The van der Waals surface area contributed by atoms with Crippen molar-refractivity contribution in [3.05, 3.63) is 70.5 Å². The molecule has 4 rings (SSSR count). The molecule has 1 N–H and O–H groups in total. The van der Waals surface area contributed by atoms with Crippen LogP contribution >= 0.6 is 12.4 Å². The van der Waals surface area contributed by atoms with Crippen LogP contribution in [-0.2, 0) is 29.1 Å². The highest BCUT2D eigenvalue weighted by Crippen LogP contribution is 2.36. The number of unbranched alkanes of at least 4 members (excludes halogenated alkanes) is 1. The average Bonchev–Trinajstić information content (AvgIpc) is 3.56. The standard InChI is InChI=1S/C27H36FNO2S.ClH/c1-2-29-27-14-13-23-12-11-20(6-3-4-15-32(30,31)19-21-9-10-21)17-25(23)26(27)18-22-7-5-8-24(28)16-22;/h5,7-8,11-12,16-17,21,26-27,29H,2-4,6,9-10,13-15,18-19H2,1H3;1H. The molecule has 2 atom stereocenters. The lowest BCUT2D eigenvalue weighted by molar-refractivity contribution is 0.391. The van der Waals surface area contributed by atoms with Crippen molar-refractivity contribution in [3.8, 4) is 0 Å². The zero-order chi connectivity index (χ0) is 22.6. The molecule has 2 aromatic carbocycles.